The second-order valence-electron chi connectivity index (χ2n) is 2.72. The van der Waals surface area contributed by atoms with Gasteiger partial charge in [-0.3, -0.25) is 4.79 Å². The molecule has 80 valence electrons. The normalized spacial score (nSPS) is 11.1. The summed E-state index contributed by atoms with van der Waals surface area (Å²) < 4.78 is 36.0. The zero-order valence-electron chi connectivity index (χ0n) is 8.41. The fraction of sp³-hybridized carbons (Fsp3) is 0.100. The summed E-state index contributed by atoms with van der Waals surface area (Å²) in [4.78, 5) is 11.1. The number of hydrogen-bond acceptors (Lipinski definition) is 2. The first kappa shape index (κ1) is 15.2. The number of allylic oxidation sites excluding steroid dienone is 2. The number of hydrogen-bond donors (Lipinski definition) is 0. The Morgan fingerprint density at radius 2 is 1.75 bits per heavy atom. The molecule has 0 aromatic heterocycles. The van der Waals surface area contributed by atoms with Crippen LogP contribution in [0.2, 0.25) is 0 Å². The summed E-state index contributed by atoms with van der Waals surface area (Å²) in [6.07, 6.45) is -2.90. The van der Waals surface area contributed by atoms with Crippen LogP contribution in [0.15, 0.2) is 36.1 Å². The van der Waals surface area contributed by atoms with Gasteiger partial charge in [0.15, 0.2) is 5.78 Å². The Morgan fingerprint density at radius 3 is 2.19 bits per heavy atom. The molecule has 0 aliphatic heterocycles. The minimum atomic E-state index is -3.20. The largest absolute Gasteiger partial charge is 1.00 e. The van der Waals surface area contributed by atoms with Crippen molar-refractivity contribution in [3.8, 4) is 0 Å². The zero-order valence-corrected chi connectivity index (χ0v) is 10.4. The molecule has 0 radical (unpaired) electrons. The number of alkyl halides is 2. The van der Waals surface area contributed by atoms with E-state index in [-0.39, 0.29) is 35.1 Å². The van der Waals surface area contributed by atoms with Crippen LogP contribution in [0.3, 0.4) is 0 Å². The predicted molar refractivity (Wildman–Crippen MR) is 44.8 cm³/mol. The van der Waals surface area contributed by atoms with E-state index in [1.807, 2.05) is 0 Å². The van der Waals surface area contributed by atoms with Crippen molar-refractivity contribution in [2.24, 2.45) is 0 Å². The number of benzene rings is 1. The first-order valence-corrected chi connectivity index (χ1v) is 3.97. The zero-order chi connectivity index (χ0) is 11.4. The van der Waals surface area contributed by atoms with E-state index >= 15 is 0 Å². The maximum absolute atomic E-state index is 12.4. The maximum Gasteiger partial charge on any atom is 1.00 e. The molecular formula is C10H6F3NaO2. The van der Waals surface area contributed by atoms with E-state index in [4.69, 9.17) is 0 Å². The quantitative estimate of drug-likeness (QED) is 0.279. The molecule has 1 aromatic carbocycles. The summed E-state index contributed by atoms with van der Waals surface area (Å²) in [5, 5.41) is 10.5. The van der Waals surface area contributed by atoms with E-state index in [0.29, 0.717) is 6.08 Å². The Bertz CT molecular complexity index is 388. The summed E-state index contributed by atoms with van der Waals surface area (Å²) in [5.74, 6) is -2.96. The molecule has 0 atom stereocenters. The van der Waals surface area contributed by atoms with E-state index in [0.717, 1.165) is 24.3 Å². The van der Waals surface area contributed by atoms with Crippen LogP contribution in [0.5, 0.6) is 0 Å². The van der Waals surface area contributed by atoms with Gasteiger partial charge in [-0.25, -0.2) is 13.2 Å². The van der Waals surface area contributed by atoms with Gasteiger partial charge in [-0.1, -0.05) is 5.76 Å². The van der Waals surface area contributed by atoms with Crippen molar-refractivity contribution < 1.29 is 52.6 Å². The van der Waals surface area contributed by atoms with Crippen molar-refractivity contribution >= 4 is 5.78 Å². The molecule has 0 bridgehead atoms. The summed E-state index contributed by atoms with van der Waals surface area (Å²) in [6.45, 7) is 0. The van der Waals surface area contributed by atoms with Crippen molar-refractivity contribution in [3.05, 3.63) is 47.5 Å². The molecule has 1 rings (SSSR count). The molecular weight excluding hydrogens is 232 g/mol. The topological polar surface area (TPSA) is 40.1 Å². The van der Waals surface area contributed by atoms with Crippen LogP contribution in [0.25, 0.3) is 0 Å². The summed E-state index contributed by atoms with van der Waals surface area (Å²) in [5.41, 5.74) is -0.00889. The summed E-state index contributed by atoms with van der Waals surface area (Å²) in [6, 6.07) is 4.25. The number of carbonyl (C=O) groups is 1. The molecule has 16 heavy (non-hydrogen) atoms. The van der Waals surface area contributed by atoms with Gasteiger partial charge in [-0.15, -0.1) is 0 Å². The Labute approximate surface area is 112 Å². The third kappa shape index (κ3) is 4.38. The third-order valence-electron chi connectivity index (χ3n) is 1.62. The standard InChI is InChI=1S/C10H7F3O2.Na/c11-7-3-1-6(2-4-7)8(14)5-9(15)10(12)13;/h1-5,10,15H;/q;+1/p-1. The minimum Gasteiger partial charge on any atom is -0.872 e. The fourth-order valence-corrected chi connectivity index (χ4v) is 0.890. The van der Waals surface area contributed by atoms with Gasteiger partial charge in [0.1, 0.15) is 5.82 Å². The van der Waals surface area contributed by atoms with Crippen LogP contribution in [0.4, 0.5) is 13.2 Å². The Kier molecular flexibility index (Phi) is 6.40. The number of rotatable bonds is 3. The second-order valence-corrected chi connectivity index (χ2v) is 2.72. The Balaban J connectivity index is 0.00000225. The molecule has 0 N–H and O–H groups in total. The van der Waals surface area contributed by atoms with Gasteiger partial charge in [-0.05, 0) is 30.3 Å². The van der Waals surface area contributed by atoms with Gasteiger partial charge in [0.05, 0.1) is 0 Å². The first-order valence-electron chi connectivity index (χ1n) is 3.97. The van der Waals surface area contributed by atoms with Crippen LogP contribution in [-0.4, -0.2) is 12.2 Å². The van der Waals surface area contributed by atoms with Crippen LogP contribution < -0.4 is 34.7 Å². The SMILES string of the molecule is O=C(C=C([O-])C(F)F)c1ccc(F)cc1.[Na+]. The molecule has 0 saturated carbocycles. The molecule has 0 heterocycles. The second kappa shape index (κ2) is 6.73. The maximum atomic E-state index is 12.4. The van der Waals surface area contributed by atoms with Gasteiger partial charge in [0, 0.05) is 5.56 Å². The average molecular weight is 238 g/mol. The molecule has 2 nitrogen and oxygen atoms in total. The average Bonchev–Trinajstić information content (AvgIpc) is 2.18. The van der Waals surface area contributed by atoms with E-state index < -0.39 is 23.8 Å². The Morgan fingerprint density at radius 1 is 1.25 bits per heavy atom. The van der Waals surface area contributed by atoms with Gasteiger partial charge < -0.3 is 5.11 Å². The number of ketones is 1. The van der Waals surface area contributed by atoms with Gasteiger partial charge >= 0.3 is 29.6 Å². The van der Waals surface area contributed by atoms with Crippen molar-refractivity contribution in [2.75, 3.05) is 0 Å². The number of halogens is 3. The van der Waals surface area contributed by atoms with Gasteiger partial charge in [-0.2, -0.15) is 0 Å². The number of carbonyl (C=O) groups excluding carboxylic acids is 1. The molecule has 6 heteroatoms. The van der Waals surface area contributed by atoms with E-state index in [1.54, 1.807) is 0 Å². The smallest absolute Gasteiger partial charge is 0.872 e. The van der Waals surface area contributed by atoms with E-state index in [2.05, 4.69) is 0 Å². The molecule has 0 spiro atoms. The van der Waals surface area contributed by atoms with Crippen LogP contribution >= 0.6 is 0 Å². The van der Waals surface area contributed by atoms with Crippen LogP contribution in [0, 0.1) is 5.82 Å². The van der Waals surface area contributed by atoms with Crippen LogP contribution in [-0.2, 0) is 0 Å². The minimum absolute atomic E-state index is 0. The van der Waals surface area contributed by atoms with E-state index in [9.17, 15) is 23.1 Å². The Hall–Kier alpha value is -0.780. The van der Waals surface area contributed by atoms with Crippen molar-refractivity contribution in [1.29, 1.82) is 0 Å². The predicted octanol–water partition coefficient (Wildman–Crippen LogP) is -1.48. The fourth-order valence-electron chi connectivity index (χ4n) is 0.890. The molecule has 0 unspecified atom stereocenters. The molecule has 0 aliphatic carbocycles. The van der Waals surface area contributed by atoms with Crippen molar-refractivity contribution in [1.82, 2.24) is 0 Å². The molecule has 0 saturated heterocycles. The molecule has 0 fully saturated rings. The van der Waals surface area contributed by atoms with Gasteiger partial charge in [0.25, 0.3) is 0 Å². The third-order valence-corrected chi connectivity index (χ3v) is 1.62. The van der Waals surface area contributed by atoms with E-state index in [1.165, 1.54) is 0 Å². The van der Waals surface area contributed by atoms with Gasteiger partial charge in [0.2, 0.25) is 6.43 Å². The summed E-state index contributed by atoms with van der Waals surface area (Å²) in [7, 11) is 0. The molecule has 0 aliphatic rings. The molecule has 1 aromatic rings. The summed E-state index contributed by atoms with van der Waals surface area (Å²) >= 11 is 0. The van der Waals surface area contributed by atoms with Crippen LogP contribution in [0.1, 0.15) is 10.4 Å². The van der Waals surface area contributed by atoms with Crippen molar-refractivity contribution in [2.45, 2.75) is 6.43 Å². The monoisotopic (exact) mass is 238 g/mol. The van der Waals surface area contributed by atoms with Crippen molar-refractivity contribution in [3.63, 3.8) is 0 Å². The molecule has 0 amide bonds. The first-order chi connectivity index (χ1) is 7.00.